The van der Waals surface area contributed by atoms with Gasteiger partial charge in [-0.3, -0.25) is 4.79 Å². The zero-order chi connectivity index (χ0) is 13.0. The molecular formula is C13H18N2O2S. The number of phenolic OH excluding ortho intramolecular Hbond substituents is 1. The molecule has 2 N–H and O–H groups in total. The Labute approximate surface area is 111 Å². The van der Waals surface area contributed by atoms with Crippen molar-refractivity contribution in [2.24, 2.45) is 0 Å². The smallest absolute Gasteiger partial charge is 0.253 e. The summed E-state index contributed by atoms with van der Waals surface area (Å²) in [6.07, 6.45) is 0. The number of thioether (sulfide) groups is 1. The molecular weight excluding hydrogens is 248 g/mol. The number of carbonyl (C=O) groups excluding carboxylic acids is 1. The van der Waals surface area contributed by atoms with Gasteiger partial charge in [-0.25, -0.2) is 0 Å². The summed E-state index contributed by atoms with van der Waals surface area (Å²) in [5.41, 5.74) is 1.23. The fourth-order valence-corrected chi connectivity index (χ4v) is 2.99. The van der Waals surface area contributed by atoms with E-state index in [0.29, 0.717) is 17.8 Å². The summed E-state index contributed by atoms with van der Waals surface area (Å²) in [5, 5.41) is 12.8. The van der Waals surface area contributed by atoms with E-state index in [4.69, 9.17) is 0 Å². The highest BCUT2D eigenvalue weighted by Gasteiger charge is 2.21. The number of hydrogen-bond acceptors (Lipinski definition) is 4. The summed E-state index contributed by atoms with van der Waals surface area (Å²) in [6, 6.07) is 5.11. The van der Waals surface area contributed by atoms with Gasteiger partial charge in [-0.2, -0.15) is 11.8 Å². The Bertz CT molecular complexity index is 431. The molecule has 0 aliphatic carbocycles. The molecule has 0 bridgehead atoms. The van der Waals surface area contributed by atoms with Gasteiger partial charge in [0.25, 0.3) is 5.91 Å². The second kappa shape index (κ2) is 6.00. The molecule has 18 heavy (non-hydrogen) atoms. The first-order valence-corrected chi connectivity index (χ1v) is 7.32. The molecule has 1 fully saturated rings. The highest BCUT2D eigenvalue weighted by molar-refractivity contribution is 7.99. The number of benzene rings is 1. The zero-order valence-corrected chi connectivity index (χ0v) is 11.3. The number of nitrogens with one attached hydrogen (secondary N) is 1. The van der Waals surface area contributed by atoms with Crippen LogP contribution in [0, 0.1) is 0 Å². The van der Waals surface area contributed by atoms with E-state index in [2.05, 4.69) is 10.2 Å². The van der Waals surface area contributed by atoms with E-state index < -0.39 is 0 Å². The quantitative estimate of drug-likeness (QED) is 0.874. The number of anilines is 1. The molecule has 5 heteroatoms. The lowest BCUT2D eigenvalue weighted by Crippen LogP contribution is -2.35. The van der Waals surface area contributed by atoms with Crippen LogP contribution in [0.1, 0.15) is 17.3 Å². The Hall–Kier alpha value is -1.36. The molecule has 1 aliphatic heterocycles. The lowest BCUT2D eigenvalue weighted by molar-refractivity contribution is 0.0956. The van der Waals surface area contributed by atoms with Crippen LogP contribution in [0.25, 0.3) is 0 Å². The van der Waals surface area contributed by atoms with E-state index in [1.165, 1.54) is 0 Å². The molecule has 1 heterocycles. The molecule has 0 atom stereocenters. The number of aromatic hydroxyl groups is 1. The maximum atomic E-state index is 12.0. The summed E-state index contributed by atoms with van der Waals surface area (Å²) in [4.78, 5) is 14.1. The molecule has 0 radical (unpaired) electrons. The predicted molar refractivity (Wildman–Crippen MR) is 75.7 cm³/mol. The van der Waals surface area contributed by atoms with Crippen molar-refractivity contribution in [1.29, 1.82) is 0 Å². The van der Waals surface area contributed by atoms with E-state index >= 15 is 0 Å². The minimum absolute atomic E-state index is 0.123. The molecule has 0 spiro atoms. The summed E-state index contributed by atoms with van der Waals surface area (Å²) in [7, 11) is 0. The maximum absolute atomic E-state index is 12.0. The van der Waals surface area contributed by atoms with Crippen molar-refractivity contribution in [2.45, 2.75) is 6.92 Å². The maximum Gasteiger partial charge on any atom is 0.253 e. The third-order valence-electron chi connectivity index (χ3n) is 2.92. The van der Waals surface area contributed by atoms with Gasteiger partial charge >= 0.3 is 0 Å². The number of nitrogens with zero attached hydrogens (tertiary/aromatic N) is 1. The van der Waals surface area contributed by atoms with Gasteiger partial charge in [-0.05, 0) is 19.1 Å². The summed E-state index contributed by atoms with van der Waals surface area (Å²) in [5.74, 6) is 2.12. The van der Waals surface area contributed by atoms with E-state index in [-0.39, 0.29) is 11.7 Å². The van der Waals surface area contributed by atoms with Crippen molar-refractivity contribution >= 4 is 23.4 Å². The summed E-state index contributed by atoms with van der Waals surface area (Å²) < 4.78 is 0. The van der Waals surface area contributed by atoms with Crippen LogP contribution < -0.4 is 10.2 Å². The topological polar surface area (TPSA) is 52.6 Å². The molecule has 1 aliphatic rings. The van der Waals surface area contributed by atoms with Crippen LogP contribution in [0.15, 0.2) is 18.2 Å². The number of phenols is 1. The van der Waals surface area contributed by atoms with Gasteiger partial charge in [0.2, 0.25) is 0 Å². The molecule has 1 saturated heterocycles. The molecule has 4 nitrogen and oxygen atoms in total. The van der Waals surface area contributed by atoms with Gasteiger partial charge < -0.3 is 15.3 Å². The van der Waals surface area contributed by atoms with Crippen molar-refractivity contribution in [3.05, 3.63) is 23.8 Å². The van der Waals surface area contributed by atoms with Crippen molar-refractivity contribution in [3.8, 4) is 5.75 Å². The number of amides is 1. The monoisotopic (exact) mass is 266 g/mol. The predicted octanol–water partition coefficient (Wildman–Crippen LogP) is 1.70. The van der Waals surface area contributed by atoms with Crippen molar-refractivity contribution in [1.82, 2.24) is 5.32 Å². The third kappa shape index (κ3) is 2.72. The first kappa shape index (κ1) is 13.1. The van der Waals surface area contributed by atoms with Crippen LogP contribution in [-0.4, -0.2) is 42.2 Å². The molecule has 2 rings (SSSR count). The normalized spacial score (nSPS) is 15.5. The fourth-order valence-electron chi connectivity index (χ4n) is 2.09. The number of carbonyl (C=O) groups is 1. The number of hydrogen-bond donors (Lipinski definition) is 2. The largest absolute Gasteiger partial charge is 0.506 e. The van der Waals surface area contributed by atoms with Gasteiger partial charge in [0.05, 0.1) is 11.3 Å². The third-order valence-corrected chi connectivity index (χ3v) is 3.87. The first-order valence-electron chi connectivity index (χ1n) is 6.17. The first-order chi connectivity index (χ1) is 8.74. The Kier molecular flexibility index (Phi) is 4.36. The van der Waals surface area contributed by atoms with Crippen LogP contribution in [0.2, 0.25) is 0 Å². The van der Waals surface area contributed by atoms with E-state index in [1.807, 2.05) is 18.7 Å². The molecule has 1 amide bonds. The SMILES string of the molecule is CCNC(=O)c1cccc(O)c1N1CCSCC1. The van der Waals surface area contributed by atoms with Gasteiger partial charge in [-0.1, -0.05) is 6.07 Å². The Balaban J connectivity index is 2.34. The van der Waals surface area contributed by atoms with Crippen LogP contribution in [0.4, 0.5) is 5.69 Å². The lowest BCUT2D eigenvalue weighted by Gasteiger charge is -2.30. The average Bonchev–Trinajstić information content (AvgIpc) is 2.39. The fraction of sp³-hybridized carbons (Fsp3) is 0.462. The molecule has 0 unspecified atom stereocenters. The van der Waals surface area contributed by atoms with Gasteiger partial charge in [0.15, 0.2) is 0 Å². The molecule has 1 aromatic carbocycles. The number of rotatable bonds is 3. The second-order valence-electron chi connectivity index (χ2n) is 4.13. The van der Waals surface area contributed by atoms with Crippen LogP contribution in [0.3, 0.4) is 0 Å². The Morgan fingerprint density at radius 3 is 2.83 bits per heavy atom. The molecule has 1 aromatic rings. The van der Waals surface area contributed by atoms with E-state index in [1.54, 1.807) is 18.2 Å². The van der Waals surface area contributed by atoms with Crippen molar-refractivity contribution in [3.63, 3.8) is 0 Å². The van der Waals surface area contributed by atoms with Gasteiger partial charge in [0.1, 0.15) is 5.75 Å². The minimum Gasteiger partial charge on any atom is -0.506 e. The van der Waals surface area contributed by atoms with Crippen LogP contribution >= 0.6 is 11.8 Å². The Morgan fingerprint density at radius 1 is 1.44 bits per heavy atom. The van der Waals surface area contributed by atoms with Crippen LogP contribution in [0.5, 0.6) is 5.75 Å². The average molecular weight is 266 g/mol. The highest BCUT2D eigenvalue weighted by Crippen LogP contribution is 2.32. The molecule has 0 saturated carbocycles. The Morgan fingerprint density at radius 2 is 2.17 bits per heavy atom. The van der Waals surface area contributed by atoms with Crippen LogP contribution in [-0.2, 0) is 0 Å². The standard InChI is InChI=1S/C13H18N2O2S/c1-2-14-13(17)10-4-3-5-11(16)12(10)15-6-8-18-9-7-15/h3-5,16H,2,6-9H2,1H3,(H,14,17). The van der Waals surface area contributed by atoms with Crippen molar-refractivity contribution < 1.29 is 9.90 Å². The summed E-state index contributed by atoms with van der Waals surface area (Å²) in [6.45, 7) is 4.21. The number of para-hydroxylation sites is 1. The van der Waals surface area contributed by atoms with Gasteiger partial charge in [-0.15, -0.1) is 0 Å². The highest BCUT2D eigenvalue weighted by atomic mass is 32.2. The van der Waals surface area contributed by atoms with Crippen molar-refractivity contribution in [2.75, 3.05) is 36.0 Å². The molecule has 98 valence electrons. The minimum atomic E-state index is -0.123. The van der Waals surface area contributed by atoms with E-state index in [9.17, 15) is 9.90 Å². The van der Waals surface area contributed by atoms with Gasteiger partial charge in [0, 0.05) is 31.1 Å². The summed E-state index contributed by atoms with van der Waals surface area (Å²) >= 11 is 1.90. The van der Waals surface area contributed by atoms with E-state index in [0.717, 1.165) is 24.6 Å². The molecule has 0 aromatic heterocycles. The zero-order valence-electron chi connectivity index (χ0n) is 10.5. The lowest BCUT2D eigenvalue weighted by atomic mass is 10.1. The second-order valence-corrected chi connectivity index (χ2v) is 5.36.